The number of carbonyl (C=O) groups excluding carboxylic acids is 1. The highest BCUT2D eigenvalue weighted by molar-refractivity contribution is 6.11. The zero-order valence-electron chi connectivity index (χ0n) is 20.5. The molecule has 0 radical (unpaired) electrons. The fraction of sp³-hybridized carbons (Fsp3) is 0.786. The fourth-order valence-corrected chi connectivity index (χ4v) is 7.57. The summed E-state index contributed by atoms with van der Waals surface area (Å²) in [5.41, 5.74) is 5.80. The maximum Gasteiger partial charge on any atom is 0.158 e. The Morgan fingerprint density at radius 2 is 1.90 bits per heavy atom. The molecule has 4 aliphatic rings. The molecule has 0 amide bonds. The van der Waals surface area contributed by atoms with Gasteiger partial charge in [-0.3, -0.25) is 9.79 Å². The number of rotatable bonds is 5. The van der Waals surface area contributed by atoms with Crippen LogP contribution in [0.25, 0.3) is 0 Å². The number of nitrogens with zero attached hydrogens (tertiary/aromatic N) is 1. The first kappa shape index (κ1) is 23.0. The van der Waals surface area contributed by atoms with Crippen LogP contribution in [0.15, 0.2) is 28.3 Å². The van der Waals surface area contributed by atoms with Crippen molar-refractivity contribution in [1.29, 1.82) is 0 Å². The Labute approximate surface area is 189 Å². The molecule has 0 aromatic carbocycles. The predicted octanol–water partition coefficient (Wildman–Crippen LogP) is 6.31. The molecular formula is C28H43NO2. The molecule has 172 valence electrons. The molecule has 0 unspecified atom stereocenters. The van der Waals surface area contributed by atoms with Gasteiger partial charge in [0.25, 0.3) is 0 Å². The van der Waals surface area contributed by atoms with E-state index < -0.39 is 0 Å². The van der Waals surface area contributed by atoms with Crippen LogP contribution in [0.4, 0.5) is 0 Å². The summed E-state index contributed by atoms with van der Waals surface area (Å²) >= 11 is 0. The zero-order valence-corrected chi connectivity index (χ0v) is 20.5. The predicted molar refractivity (Wildman–Crippen MR) is 128 cm³/mol. The SMILES string of the molecule is C=C(CC[C@@H](C)[C@H]1C(=O)CN=C2C3=C(CC[C@@]21C)[C@@]1(C)CC[C@H](O)C[C@@H]1CC3)C(C)C. The summed E-state index contributed by atoms with van der Waals surface area (Å²) in [6.07, 6.45) is 9.29. The lowest BCUT2D eigenvalue weighted by Crippen LogP contribution is -2.52. The minimum absolute atomic E-state index is 0.0766. The van der Waals surface area contributed by atoms with Gasteiger partial charge in [-0.15, -0.1) is 0 Å². The Hall–Kier alpha value is -1.22. The molecule has 3 heteroatoms. The number of ketones is 1. The van der Waals surface area contributed by atoms with Crippen molar-refractivity contribution >= 4 is 11.5 Å². The highest BCUT2D eigenvalue weighted by Crippen LogP contribution is 2.60. The monoisotopic (exact) mass is 425 g/mol. The van der Waals surface area contributed by atoms with Crippen molar-refractivity contribution in [2.45, 2.75) is 98.5 Å². The molecule has 0 bridgehead atoms. The zero-order chi connectivity index (χ0) is 22.6. The summed E-state index contributed by atoms with van der Waals surface area (Å²) in [5, 5.41) is 10.3. The minimum Gasteiger partial charge on any atom is -0.393 e. The largest absolute Gasteiger partial charge is 0.393 e. The normalized spacial score (nSPS) is 38.9. The van der Waals surface area contributed by atoms with Gasteiger partial charge in [-0.05, 0) is 86.5 Å². The van der Waals surface area contributed by atoms with Crippen molar-refractivity contribution in [3.8, 4) is 0 Å². The van der Waals surface area contributed by atoms with Crippen LogP contribution < -0.4 is 0 Å². The van der Waals surface area contributed by atoms with E-state index >= 15 is 0 Å². The highest BCUT2D eigenvalue weighted by atomic mass is 16.3. The third-order valence-corrected chi connectivity index (χ3v) is 9.70. The van der Waals surface area contributed by atoms with Gasteiger partial charge in [-0.1, -0.05) is 52.3 Å². The topological polar surface area (TPSA) is 49.7 Å². The second-order valence-electron chi connectivity index (χ2n) is 11.9. The molecule has 1 fully saturated rings. The van der Waals surface area contributed by atoms with Gasteiger partial charge in [0.05, 0.1) is 12.6 Å². The summed E-state index contributed by atoms with van der Waals surface area (Å²) in [6.45, 7) is 16.1. The smallest absolute Gasteiger partial charge is 0.158 e. The number of carbonyl (C=O) groups is 1. The number of fused-ring (bicyclic) bond motifs is 4. The number of allylic oxidation sites excluding steroid dienone is 3. The quantitative estimate of drug-likeness (QED) is 0.525. The van der Waals surface area contributed by atoms with Gasteiger partial charge in [0, 0.05) is 17.0 Å². The molecule has 4 rings (SSSR count). The molecule has 3 aliphatic carbocycles. The maximum absolute atomic E-state index is 13.2. The van der Waals surface area contributed by atoms with E-state index in [0.29, 0.717) is 30.1 Å². The molecule has 1 saturated carbocycles. The van der Waals surface area contributed by atoms with E-state index in [1.165, 1.54) is 16.9 Å². The number of hydrogen-bond donors (Lipinski definition) is 1. The van der Waals surface area contributed by atoms with E-state index in [2.05, 4.69) is 41.2 Å². The van der Waals surface area contributed by atoms with Crippen LogP contribution >= 0.6 is 0 Å². The van der Waals surface area contributed by atoms with Crippen LogP contribution in [-0.4, -0.2) is 29.3 Å². The van der Waals surface area contributed by atoms with Crippen LogP contribution in [0.3, 0.4) is 0 Å². The first-order valence-corrected chi connectivity index (χ1v) is 12.7. The molecule has 31 heavy (non-hydrogen) atoms. The maximum atomic E-state index is 13.2. The molecule has 1 aliphatic heterocycles. The standard InChI is InChI=1S/C28H43NO2/c1-17(2)18(3)7-8-19(4)25-24(31)16-29-26-22-10-9-20-15-21(30)11-13-27(20,5)23(22)12-14-28(25,26)6/h17,19-21,25,30H,3,7-16H2,1-2,4-6H3/t19-,20+,21+,25+,27+,28-/m1/s1. The van der Waals surface area contributed by atoms with E-state index in [-0.39, 0.29) is 22.9 Å². The van der Waals surface area contributed by atoms with Crippen LogP contribution in [-0.2, 0) is 4.79 Å². The van der Waals surface area contributed by atoms with Crippen molar-refractivity contribution in [1.82, 2.24) is 0 Å². The summed E-state index contributed by atoms with van der Waals surface area (Å²) in [6, 6.07) is 0. The number of hydrogen-bond acceptors (Lipinski definition) is 3. The van der Waals surface area contributed by atoms with E-state index in [1.54, 1.807) is 5.57 Å². The van der Waals surface area contributed by atoms with Gasteiger partial charge in [-0.2, -0.15) is 0 Å². The fourth-order valence-electron chi connectivity index (χ4n) is 7.57. The Bertz CT molecular complexity index is 821. The lowest BCUT2D eigenvalue weighted by Gasteiger charge is -2.55. The summed E-state index contributed by atoms with van der Waals surface area (Å²) in [7, 11) is 0. The van der Waals surface area contributed by atoms with E-state index in [0.717, 1.165) is 57.8 Å². The van der Waals surface area contributed by atoms with Gasteiger partial charge in [0.15, 0.2) is 5.78 Å². The van der Waals surface area contributed by atoms with Gasteiger partial charge in [0.2, 0.25) is 0 Å². The van der Waals surface area contributed by atoms with Crippen LogP contribution in [0.5, 0.6) is 0 Å². The van der Waals surface area contributed by atoms with E-state index in [1.807, 2.05) is 0 Å². The molecule has 0 spiro atoms. The Kier molecular flexibility index (Phi) is 6.13. The average molecular weight is 426 g/mol. The highest BCUT2D eigenvalue weighted by Gasteiger charge is 2.54. The number of aliphatic imine (C=N–C) groups is 1. The van der Waals surface area contributed by atoms with Crippen molar-refractivity contribution < 1.29 is 9.90 Å². The van der Waals surface area contributed by atoms with Crippen molar-refractivity contribution in [2.24, 2.45) is 39.5 Å². The van der Waals surface area contributed by atoms with Crippen LogP contribution in [0, 0.1) is 34.5 Å². The van der Waals surface area contributed by atoms with Gasteiger partial charge in [-0.25, -0.2) is 0 Å². The van der Waals surface area contributed by atoms with Crippen LogP contribution in [0.2, 0.25) is 0 Å². The first-order chi connectivity index (χ1) is 14.6. The Balaban J connectivity index is 1.63. The van der Waals surface area contributed by atoms with Gasteiger partial charge in [0.1, 0.15) is 0 Å². The molecule has 1 N–H and O–H groups in total. The third-order valence-electron chi connectivity index (χ3n) is 9.70. The van der Waals surface area contributed by atoms with Crippen molar-refractivity contribution in [2.75, 3.05) is 6.54 Å². The Morgan fingerprint density at radius 3 is 2.61 bits per heavy atom. The van der Waals surface area contributed by atoms with Gasteiger partial charge < -0.3 is 5.11 Å². The van der Waals surface area contributed by atoms with Crippen molar-refractivity contribution in [3.63, 3.8) is 0 Å². The molecule has 3 nitrogen and oxygen atoms in total. The average Bonchev–Trinajstić information content (AvgIpc) is 2.71. The lowest BCUT2D eigenvalue weighted by molar-refractivity contribution is -0.127. The lowest BCUT2D eigenvalue weighted by atomic mass is 9.50. The molecule has 0 saturated heterocycles. The number of Topliss-reactive ketones (excluding diaryl/α,β-unsaturated/α-hetero) is 1. The summed E-state index contributed by atoms with van der Waals surface area (Å²) < 4.78 is 0. The van der Waals surface area contributed by atoms with E-state index in [4.69, 9.17) is 4.99 Å². The second kappa shape index (κ2) is 8.28. The molecule has 6 atom stereocenters. The van der Waals surface area contributed by atoms with Crippen molar-refractivity contribution in [3.05, 3.63) is 23.3 Å². The first-order valence-electron chi connectivity index (χ1n) is 12.7. The summed E-state index contributed by atoms with van der Waals surface area (Å²) in [5.74, 6) is 1.89. The molecule has 0 aromatic heterocycles. The van der Waals surface area contributed by atoms with E-state index in [9.17, 15) is 9.90 Å². The summed E-state index contributed by atoms with van der Waals surface area (Å²) in [4.78, 5) is 18.2. The Morgan fingerprint density at radius 1 is 1.16 bits per heavy atom. The minimum atomic E-state index is -0.121. The number of aliphatic hydroxyl groups is 1. The molecule has 1 heterocycles. The van der Waals surface area contributed by atoms with Gasteiger partial charge >= 0.3 is 0 Å². The molecular weight excluding hydrogens is 382 g/mol. The second-order valence-corrected chi connectivity index (χ2v) is 11.9. The number of aliphatic hydroxyl groups excluding tert-OH is 1. The van der Waals surface area contributed by atoms with Crippen LogP contribution in [0.1, 0.15) is 92.4 Å². The molecule has 0 aromatic rings. The third kappa shape index (κ3) is 3.79.